The van der Waals surface area contributed by atoms with Crippen LogP contribution in [0.2, 0.25) is 0 Å². The maximum Gasteiger partial charge on any atom is 0.0760 e. The van der Waals surface area contributed by atoms with Gasteiger partial charge in [-0.1, -0.05) is 35.9 Å². The van der Waals surface area contributed by atoms with Crippen LogP contribution in [-0.4, -0.2) is 24.4 Å². The molecule has 1 N–H and O–H groups in total. The van der Waals surface area contributed by atoms with Crippen molar-refractivity contribution >= 4 is 0 Å². The van der Waals surface area contributed by atoms with E-state index >= 15 is 0 Å². The lowest BCUT2D eigenvalue weighted by Crippen LogP contribution is -2.28. The van der Waals surface area contributed by atoms with E-state index in [0.29, 0.717) is 6.61 Å². The van der Waals surface area contributed by atoms with E-state index < -0.39 is 0 Å². The highest BCUT2D eigenvalue weighted by Gasteiger charge is 2.38. The van der Waals surface area contributed by atoms with Gasteiger partial charge in [-0.05, 0) is 25.3 Å². The van der Waals surface area contributed by atoms with Crippen molar-refractivity contribution in [3.05, 3.63) is 48.0 Å². The molecule has 0 radical (unpaired) electrons. The molecule has 1 aliphatic rings. The van der Waals surface area contributed by atoms with Gasteiger partial charge in [0, 0.05) is 5.41 Å². The van der Waals surface area contributed by atoms with Crippen LogP contribution < -0.4 is 0 Å². The van der Waals surface area contributed by atoms with Crippen LogP contribution in [0.25, 0.3) is 0 Å². The van der Waals surface area contributed by atoms with Crippen molar-refractivity contribution in [3.63, 3.8) is 0 Å². The van der Waals surface area contributed by atoms with Gasteiger partial charge in [-0.2, -0.15) is 0 Å². The maximum atomic E-state index is 9.63. The summed E-state index contributed by atoms with van der Waals surface area (Å²) < 4.78 is 5.63. The smallest absolute Gasteiger partial charge is 0.0760 e. The molecule has 2 atom stereocenters. The van der Waals surface area contributed by atoms with Gasteiger partial charge in [-0.25, -0.2) is 0 Å². The number of hydrogen-bond donors (Lipinski definition) is 1. The molecule has 1 heterocycles. The van der Waals surface area contributed by atoms with E-state index in [1.54, 1.807) is 0 Å². The monoisotopic (exact) mass is 232 g/mol. The number of hydrogen-bond acceptors (Lipinski definition) is 2. The van der Waals surface area contributed by atoms with Crippen LogP contribution >= 0.6 is 0 Å². The van der Waals surface area contributed by atoms with Crippen LogP contribution in [0.5, 0.6) is 0 Å². The maximum absolute atomic E-state index is 9.63. The first-order chi connectivity index (χ1) is 8.17. The summed E-state index contributed by atoms with van der Waals surface area (Å²) in [5.41, 5.74) is 2.39. The predicted molar refractivity (Wildman–Crippen MR) is 69.0 cm³/mol. The minimum absolute atomic E-state index is 0.0904. The van der Waals surface area contributed by atoms with Crippen molar-refractivity contribution in [2.45, 2.75) is 25.9 Å². The molecule has 2 rings (SSSR count). The van der Waals surface area contributed by atoms with Gasteiger partial charge in [-0.15, -0.1) is 6.58 Å². The fourth-order valence-corrected chi connectivity index (χ4v) is 2.41. The summed E-state index contributed by atoms with van der Waals surface area (Å²) in [4.78, 5) is 0. The van der Waals surface area contributed by atoms with E-state index in [9.17, 15) is 5.11 Å². The van der Waals surface area contributed by atoms with Gasteiger partial charge >= 0.3 is 0 Å². The second-order valence-corrected chi connectivity index (χ2v) is 5.11. The van der Waals surface area contributed by atoms with Crippen molar-refractivity contribution in [3.8, 4) is 0 Å². The first kappa shape index (κ1) is 12.3. The Balaban J connectivity index is 2.10. The third-order valence-corrected chi connectivity index (χ3v) is 3.54. The first-order valence-electron chi connectivity index (χ1n) is 6.08. The molecule has 92 valence electrons. The summed E-state index contributed by atoms with van der Waals surface area (Å²) >= 11 is 0. The molecule has 0 amide bonds. The Morgan fingerprint density at radius 2 is 2.18 bits per heavy atom. The van der Waals surface area contributed by atoms with Crippen molar-refractivity contribution in [1.82, 2.24) is 0 Å². The molecular weight excluding hydrogens is 212 g/mol. The molecule has 1 aliphatic heterocycles. The van der Waals surface area contributed by atoms with Crippen molar-refractivity contribution in [2.75, 3.05) is 13.2 Å². The van der Waals surface area contributed by atoms with Crippen LogP contribution in [0.1, 0.15) is 17.5 Å². The van der Waals surface area contributed by atoms with Crippen LogP contribution in [0.4, 0.5) is 0 Å². The van der Waals surface area contributed by atoms with E-state index in [-0.39, 0.29) is 18.1 Å². The second-order valence-electron chi connectivity index (χ2n) is 5.11. The van der Waals surface area contributed by atoms with Gasteiger partial charge in [0.1, 0.15) is 0 Å². The lowest BCUT2D eigenvalue weighted by molar-refractivity contribution is 0.0835. The normalized spacial score (nSPS) is 28.2. The molecule has 1 saturated heterocycles. The van der Waals surface area contributed by atoms with Gasteiger partial charge < -0.3 is 9.84 Å². The first-order valence-corrected chi connectivity index (χ1v) is 6.08. The number of aliphatic hydroxyl groups excluding tert-OH is 1. The largest absolute Gasteiger partial charge is 0.396 e. The van der Waals surface area contributed by atoms with E-state index in [2.05, 4.69) is 37.8 Å². The zero-order chi connectivity index (χ0) is 12.3. The highest BCUT2D eigenvalue weighted by molar-refractivity contribution is 5.23. The Labute approximate surface area is 103 Å². The summed E-state index contributed by atoms with van der Waals surface area (Å²) in [5, 5.41) is 9.63. The van der Waals surface area contributed by atoms with Crippen molar-refractivity contribution in [2.24, 2.45) is 5.41 Å². The standard InChI is InChI=1S/C15H20O2/c1-3-14-9-15(10-16,11-17-14)8-13-6-4-12(2)5-7-13/h3-7,14,16H,1,8-11H2,2H3/t14-,15+/m1/s1. The van der Waals surface area contributed by atoms with Gasteiger partial charge in [0.05, 0.1) is 19.3 Å². The summed E-state index contributed by atoms with van der Waals surface area (Å²) in [5.74, 6) is 0. The second kappa shape index (κ2) is 5.03. The molecule has 0 unspecified atom stereocenters. The van der Waals surface area contributed by atoms with Crippen LogP contribution in [0, 0.1) is 12.3 Å². The fraction of sp³-hybridized carbons (Fsp3) is 0.467. The van der Waals surface area contributed by atoms with E-state index in [0.717, 1.165) is 12.8 Å². The van der Waals surface area contributed by atoms with Gasteiger partial charge in [0.25, 0.3) is 0 Å². The molecule has 1 aromatic carbocycles. The minimum Gasteiger partial charge on any atom is -0.396 e. The lowest BCUT2D eigenvalue weighted by Gasteiger charge is -2.24. The third kappa shape index (κ3) is 2.76. The van der Waals surface area contributed by atoms with Gasteiger partial charge in [0.2, 0.25) is 0 Å². The van der Waals surface area contributed by atoms with Crippen LogP contribution in [0.15, 0.2) is 36.9 Å². The molecule has 1 aromatic rings. The van der Waals surface area contributed by atoms with Crippen molar-refractivity contribution in [1.29, 1.82) is 0 Å². The van der Waals surface area contributed by atoms with E-state index in [1.165, 1.54) is 11.1 Å². The molecule has 0 aliphatic carbocycles. The summed E-state index contributed by atoms with van der Waals surface area (Å²) in [7, 11) is 0. The average Bonchev–Trinajstić information content (AvgIpc) is 2.76. The minimum atomic E-state index is -0.131. The highest BCUT2D eigenvalue weighted by Crippen LogP contribution is 2.36. The number of aliphatic hydroxyl groups is 1. The Hall–Kier alpha value is -1.12. The van der Waals surface area contributed by atoms with Gasteiger partial charge in [0.15, 0.2) is 0 Å². The number of benzene rings is 1. The average molecular weight is 232 g/mol. The molecule has 0 saturated carbocycles. The van der Waals surface area contributed by atoms with Crippen molar-refractivity contribution < 1.29 is 9.84 Å². The fourth-order valence-electron chi connectivity index (χ4n) is 2.41. The molecule has 2 heteroatoms. The highest BCUT2D eigenvalue weighted by atomic mass is 16.5. The summed E-state index contributed by atoms with van der Waals surface area (Å²) in [6, 6.07) is 8.49. The van der Waals surface area contributed by atoms with Crippen LogP contribution in [0.3, 0.4) is 0 Å². The molecular formula is C15H20O2. The molecule has 2 nitrogen and oxygen atoms in total. The summed E-state index contributed by atoms with van der Waals surface area (Å²) in [6.45, 7) is 6.63. The molecule has 0 bridgehead atoms. The summed E-state index contributed by atoms with van der Waals surface area (Å²) in [6.07, 6.45) is 3.65. The van der Waals surface area contributed by atoms with E-state index in [1.807, 2.05) is 6.08 Å². The number of ether oxygens (including phenoxy) is 1. The molecule has 1 fully saturated rings. The zero-order valence-electron chi connectivity index (χ0n) is 10.4. The lowest BCUT2D eigenvalue weighted by atomic mass is 9.80. The van der Waals surface area contributed by atoms with E-state index in [4.69, 9.17) is 4.74 Å². The Kier molecular flexibility index (Phi) is 3.65. The quantitative estimate of drug-likeness (QED) is 0.808. The van der Waals surface area contributed by atoms with Crippen LogP contribution in [-0.2, 0) is 11.2 Å². The number of rotatable bonds is 4. The Bertz CT molecular complexity index is 382. The van der Waals surface area contributed by atoms with Gasteiger partial charge in [-0.3, -0.25) is 0 Å². The number of aryl methyl sites for hydroxylation is 1. The zero-order valence-corrected chi connectivity index (χ0v) is 10.4. The topological polar surface area (TPSA) is 29.5 Å². The Morgan fingerprint density at radius 1 is 1.47 bits per heavy atom. The SMILES string of the molecule is C=C[C@@H]1C[C@](CO)(Cc2ccc(C)cc2)CO1. The predicted octanol–water partition coefficient (Wildman–Crippen LogP) is 2.49. The molecule has 0 aromatic heterocycles. The Morgan fingerprint density at radius 3 is 2.71 bits per heavy atom. The third-order valence-electron chi connectivity index (χ3n) is 3.54. The molecule has 0 spiro atoms. The molecule has 17 heavy (non-hydrogen) atoms.